The number of hydrogen-bond acceptors (Lipinski definition) is 4. The van der Waals surface area contributed by atoms with Crippen molar-refractivity contribution < 1.29 is 13.9 Å². The van der Waals surface area contributed by atoms with Crippen LogP contribution in [0.3, 0.4) is 0 Å². The second-order valence-electron chi connectivity index (χ2n) is 5.30. The van der Waals surface area contributed by atoms with Gasteiger partial charge in [-0.15, -0.1) is 0 Å². The molecule has 4 nitrogen and oxygen atoms in total. The fraction of sp³-hybridized carbons (Fsp3) is 0.600. The van der Waals surface area contributed by atoms with Gasteiger partial charge >= 0.3 is 0 Å². The van der Waals surface area contributed by atoms with Crippen molar-refractivity contribution in [1.29, 1.82) is 0 Å². The van der Waals surface area contributed by atoms with E-state index < -0.39 is 0 Å². The third kappa shape index (κ3) is 3.11. The molecule has 0 radical (unpaired) electrons. The minimum absolute atomic E-state index is 0.0102. The van der Waals surface area contributed by atoms with Gasteiger partial charge in [-0.3, -0.25) is 4.90 Å². The molecule has 3 unspecified atom stereocenters. The Hall–Kier alpha value is -1.17. The molecule has 2 N–H and O–H groups in total. The molecule has 1 aromatic rings. The highest BCUT2D eigenvalue weighted by molar-refractivity contribution is 5.37. The van der Waals surface area contributed by atoms with Gasteiger partial charge in [0.05, 0.1) is 19.8 Å². The lowest BCUT2D eigenvalue weighted by atomic mass is 10.0. The SMILES string of the molecule is COc1cccc(F)c1C(C)N1CCOC(C(C)N)C1. The number of hydrogen-bond donors (Lipinski definition) is 1. The minimum Gasteiger partial charge on any atom is -0.496 e. The number of morpholine rings is 1. The number of rotatable bonds is 4. The number of methoxy groups -OCH3 is 1. The second-order valence-corrected chi connectivity index (χ2v) is 5.30. The average Bonchev–Trinajstić information content (AvgIpc) is 2.46. The van der Waals surface area contributed by atoms with Gasteiger partial charge < -0.3 is 15.2 Å². The Kier molecular flexibility index (Phi) is 4.96. The molecule has 1 fully saturated rings. The molecule has 2 rings (SSSR count). The van der Waals surface area contributed by atoms with Crippen LogP contribution in [0.1, 0.15) is 25.5 Å². The Morgan fingerprint density at radius 3 is 2.85 bits per heavy atom. The lowest BCUT2D eigenvalue weighted by Gasteiger charge is -2.38. The van der Waals surface area contributed by atoms with E-state index in [0.717, 1.165) is 6.54 Å². The van der Waals surface area contributed by atoms with E-state index in [1.165, 1.54) is 6.07 Å². The minimum atomic E-state index is -0.235. The van der Waals surface area contributed by atoms with Crippen molar-refractivity contribution in [3.05, 3.63) is 29.6 Å². The maximum absolute atomic E-state index is 14.1. The molecular weight excluding hydrogens is 259 g/mol. The van der Waals surface area contributed by atoms with Crippen LogP contribution < -0.4 is 10.5 Å². The topological polar surface area (TPSA) is 47.7 Å². The molecule has 1 aliphatic rings. The highest BCUT2D eigenvalue weighted by Crippen LogP contribution is 2.32. The predicted octanol–water partition coefficient (Wildman–Crippen LogP) is 1.94. The van der Waals surface area contributed by atoms with Crippen LogP contribution in [0, 0.1) is 5.82 Å². The van der Waals surface area contributed by atoms with E-state index in [-0.39, 0.29) is 24.0 Å². The molecule has 1 aliphatic heterocycles. The lowest BCUT2D eigenvalue weighted by Crippen LogP contribution is -2.50. The summed E-state index contributed by atoms with van der Waals surface area (Å²) in [5, 5.41) is 0. The van der Waals surface area contributed by atoms with Crippen molar-refractivity contribution >= 4 is 0 Å². The Morgan fingerprint density at radius 2 is 2.20 bits per heavy atom. The molecule has 0 amide bonds. The predicted molar refractivity (Wildman–Crippen MR) is 76.3 cm³/mol. The third-order valence-corrected chi connectivity index (χ3v) is 3.91. The van der Waals surface area contributed by atoms with Crippen LogP contribution in [0.2, 0.25) is 0 Å². The van der Waals surface area contributed by atoms with Crippen molar-refractivity contribution in [1.82, 2.24) is 4.90 Å². The first-order valence-corrected chi connectivity index (χ1v) is 6.98. The van der Waals surface area contributed by atoms with Crippen molar-refractivity contribution in [3.8, 4) is 5.75 Å². The van der Waals surface area contributed by atoms with Crippen LogP contribution in [0.25, 0.3) is 0 Å². The summed E-state index contributed by atoms with van der Waals surface area (Å²) >= 11 is 0. The highest BCUT2D eigenvalue weighted by Gasteiger charge is 2.29. The van der Waals surface area contributed by atoms with E-state index in [2.05, 4.69) is 4.90 Å². The van der Waals surface area contributed by atoms with Crippen molar-refractivity contribution in [2.45, 2.75) is 32.0 Å². The summed E-state index contributed by atoms with van der Waals surface area (Å²) in [4.78, 5) is 2.19. The van der Waals surface area contributed by atoms with Crippen molar-refractivity contribution in [3.63, 3.8) is 0 Å². The first kappa shape index (κ1) is 15.2. The van der Waals surface area contributed by atoms with Crippen LogP contribution >= 0.6 is 0 Å². The van der Waals surface area contributed by atoms with Gasteiger partial charge in [0.25, 0.3) is 0 Å². The summed E-state index contributed by atoms with van der Waals surface area (Å²) in [6.07, 6.45) is -0.0102. The molecule has 0 aliphatic carbocycles. The van der Waals surface area contributed by atoms with E-state index in [1.807, 2.05) is 13.8 Å². The lowest BCUT2D eigenvalue weighted by molar-refractivity contribution is -0.0504. The number of benzene rings is 1. The molecule has 1 heterocycles. The number of nitrogens with zero attached hydrogens (tertiary/aromatic N) is 1. The number of ether oxygens (including phenoxy) is 2. The largest absolute Gasteiger partial charge is 0.496 e. The maximum Gasteiger partial charge on any atom is 0.131 e. The molecule has 112 valence electrons. The quantitative estimate of drug-likeness (QED) is 0.917. The summed E-state index contributed by atoms with van der Waals surface area (Å²) in [5.41, 5.74) is 6.50. The third-order valence-electron chi connectivity index (χ3n) is 3.91. The summed E-state index contributed by atoms with van der Waals surface area (Å²) in [5.74, 6) is 0.349. The van der Waals surface area contributed by atoms with E-state index in [9.17, 15) is 4.39 Å². The van der Waals surface area contributed by atoms with Gasteiger partial charge in [0.1, 0.15) is 11.6 Å². The van der Waals surface area contributed by atoms with Gasteiger partial charge in [0.2, 0.25) is 0 Å². The maximum atomic E-state index is 14.1. The number of halogens is 1. The van der Waals surface area contributed by atoms with E-state index in [1.54, 1.807) is 19.2 Å². The zero-order valence-electron chi connectivity index (χ0n) is 12.3. The highest BCUT2D eigenvalue weighted by atomic mass is 19.1. The van der Waals surface area contributed by atoms with Crippen LogP contribution in [-0.2, 0) is 4.74 Å². The van der Waals surface area contributed by atoms with Gasteiger partial charge in [-0.1, -0.05) is 6.07 Å². The van der Waals surface area contributed by atoms with Gasteiger partial charge in [-0.05, 0) is 26.0 Å². The zero-order chi connectivity index (χ0) is 14.7. The van der Waals surface area contributed by atoms with Crippen LogP contribution in [0.4, 0.5) is 4.39 Å². The summed E-state index contributed by atoms with van der Waals surface area (Å²) in [7, 11) is 1.56. The second kappa shape index (κ2) is 6.52. The average molecular weight is 282 g/mol. The fourth-order valence-electron chi connectivity index (χ4n) is 2.65. The van der Waals surface area contributed by atoms with E-state index >= 15 is 0 Å². The summed E-state index contributed by atoms with van der Waals surface area (Å²) in [6, 6.07) is 4.81. The first-order valence-electron chi connectivity index (χ1n) is 6.98. The van der Waals surface area contributed by atoms with Gasteiger partial charge in [0.15, 0.2) is 0 Å². The monoisotopic (exact) mass is 282 g/mol. The standard InChI is InChI=1S/C15H23FN2O2/c1-10(17)14-9-18(7-8-20-14)11(2)15-12(16)5-4-6-13(15)19-3/h4-6,10-11,14H,7-9,17H2,1-3H3. The van der Waals surface area contributed by atoms with Crippen molar-refractivity contribution in [2.75, 3.05) is 26.8 Å². The van der Waals surface area contributed by atoms with Crippen LogP contribution in [0.15, 0.2) is 18.2 Å². The smallest absolute Gasteiger partial charge is 0.131 e. The zero-order valence-corrected chi connectivity index (χ0v) is 12.3. The van der Waals surface area contributed by atoms with Crippen LogP contribution in [-0.4, -0.2) is 43.9 Å². The van der Waals surface area contributed by atoms with E-state index in [4.69, 9.17) is 15.2 Å². The Labute approximate surface area is 119 Å². The summed E-state index contributed by atoms with van der Waals surface area (Å²) in [6.45, 7) is 6.01. The molecule has 0 bridgehead atoms. The Bertz CT molecular complexity index is 453. The molecule has 0 aromatic heterocycles. The Morgan fingerprint density at radius 1 is 1.45 bits per heavy atom. The molecule has 1 aromatic carbocycles. The van der Waals surface area contributed by atoms with Gasteiger partial charge in [-0.25, -0.2) is 4.39 Å². The van der Waals surface area contributed by atoms with Gasteiger partial charge in [-0.2, -0.15) is 0 Å². The molecule has 1 saturated heterocycles. The molecule has 0 saturated carbocycles. The fourth-order valence-corrected chi connectivity index (χ4v) is 2.65. The molecule has 0 spiro atoms. The van der Waals surface area contributed by atoms with Crippen LogP contribution in [0.5, 0.6) is 5.75 Å². The van der Waals surface area contributed by atoms with Crippen molar-refractivity contribution in [2.24, 2.45) is 5.73 Å². The summed E-state index contributed by atoms with van der Waals surface area (Å²) < 4.78 is 25.1. The molecule has 20 heavy (non-hydrogen) atoms. The number of nitrogens with two attached hydrogens (primary N) is 1. The molecule has 5 heteroatoms. The molecule has 3 atom stereocenters. The molecular formula is C15H23FN2O2. The Balaban J connectivity index is 2.20. The van der Waals surface area contributed by atoms with Gasteiger partial charge in [0, 0.05) is 30.7 Å². The first-order chi connectivity index (χ1) is 9.54. The normalized spacial score (nSPS) is 23.4. The van der Waals surface area contributed by atoms with E-state index in [0.29, 0.717) is 24.5 Å².